The van der Waals surface area contributed by atoms with Gasteiger partial charge in [0.15, 0.2) is 0 Å². The van der Waals surface area contributed by atoms with E-state index in [-0.39, 0.29) is 5.97 Å². The number of fused-ring (bicyclic) bond motifs is 1. The zero-order chi connectivity index (χ0) is 18.4. The molecule has 26 heavy (non-hydrogen) atoms. The Bertz CT molecular complexity index is 715. The number of esters is 1. The van der Waals surface area contributed by atoms with E-state index >= 15 is 0 Å². The first kappa shape index (κ1) is 18.3. The van der Waals surface area contributed by atoms with E-state index in [2.05, 4.69) is 26.6 Å². The van der Waals surface area contributed by atoms with Gasteiger partial charge in [0.2, 0.25) is 0 Å². The smallest absolute Gasteiger partial charge is 0.307 e. The van der Waals surface area contributed by atoms with Crippen molar-refractivity contribution in [3.63, 3.8) is 0 Å². The molecule has 0 saturated heterocycles. The van der Waals surface area contributed by atoms with Crippen LogP contribution in [0.3, 0.4) is 0 Å². The van der Waals surface area contributed by atoms with Crippen LogP contribution in [0.1, 0.15) is 38.2 Å². The molecule has 1 aromatic heterocycles. The average molecular weight is 357 g/mol. The zero-order valence-corrected chi connectivity index (χ0v) is 15.6. The van der Waals surface area contributed by atoms with Gasteiger partial charge in [0, 0.05) is 43.6 Å². The first-order valence-corrected chi connectivity index (χ1v) is 9.34. The molecule has 1 aliphatic heterocycles. The second kappa shape index (κ2) is 8.74. The zero-order valence-electron chi connectivity index (χ0n) is 15.6. The van der Waals surface area contributed by atoms with E-state index in [0.717, 1.165) is 25.3 Å². The number of nitrogens with zero attached hydrogens (tertiary/aromatic N) is 3. The summed E-state index contributed by atoms with van der Waals surface area (Å²) >= 11 is 0. The number of hydrogen-bond acceptors (Lipinski definition) is 5. The molecule has 0 saturated carbocycles. The highest BCUT2D eigenvalue weighted by molar-refractivity contribution is 5.71. The van der Waals surface area contributed by atoms with E-state index in [1.54, 1.807) is 6.20 Å². The Labute approximate surface area is 154 Å². The molecule has 1 unspecified atom stereocenters. The number of hydrogen-bond donors (Lipinski definition) is 0. The summed E-state index contributed by atoms with van der Waals surface area (Å²) in [6.45, 7) is 7.45. The Balaban J connectivity index is 1.72. The summed E-state index contributed by atoms with van der Waals surface area (Å²) in [5.41, 5.74) is 2.51. The van der Waals surface area contributed by atoms with Gasteiger partial charge in [0.25, 0.3) is 0 Å². The maximum absolute atomic E-state index is 11.7. The average Bonchev–Trinajstić information content (AvgIpc) is 3.26. The Morgan fingerprint density at radius 3 is 2.88 bits per heavy atom. The van der Waals surface area contributed by atoms with Crippen molar-refractivity contribution in [3.8, 4) is 5.75 Å². The Morgan fingerprint density at radius 2 is 2.15 bits per heavy atom. The van der Waals surface area contributed by atoms with Crippen molar-refractivity contribution in [1.29, 1.82) is 0 Å². The number of carbonyl (C=O) groups is 1. The Kier molecular flexibility index (Phi) is 6.15. The molecule has 6 nitrogen and oxygen atoms in total. The fraction of sp³-hybridized carbons (Fsp3) is 0.500. The van der Waals surface area contributed by atoms with Gasteiger partial charge in [0.05, 0.1) is 26.0 Å². The summed E-state index contributed by atoms with van der Waals surface area (Å²) < 4.78 is 12.9. The summed E-state index contributed by atoms with van der Waals surface area (Å²) in [5, 5.41) is 0. The third kappa shape index (κ3) is 4.36. The van der Waals surface area contributed by atoms with E-state index in [1.165, 1.54) is 11.3 Å². The van der Waals surface area contributed by atoms with E-state index in [9.17, 15) is 4.79 Å². The maximum atomic E-state index is 11.7. The number of benzene rings is 1. The van der Waals surface area contributed by atoms with Gasteiger partial charge >= 0.3 is 5.97 Å². The number of imidazole rings is 1. The monoisotopic (exact) mass is 357 g/mol. The lowest BCUT2D eigenvalue weighted by molar-refractivity contribution is -0.142. The molecule has 0 radical (unpaired) electrons. The second-order valence-electron chi connectivity index (χ2n) is 6.44. The lowest BCUT2D eigenvalue weighted by atomic mass is 9.97. The largest absolute Gasteiger partial charge is 0.494 e. The van der Waals surface area contributed by atoms with Gasteiger partial charge in [0.1, 0.15) is 5.75 Å². The first-order chi connectivity index (χ1) is 12.7. The molecule has 2 aromatic rings. The van der Waals surface area contributed by atoms with Crippen molar-refractivity contribution in [2.75, 3.05) is 31.2 Å². The second-order valence-corrected chi connectivity index (χ2v) is 6.44. The summed E-state index contributed by atoms with van der Waals surface area (Å²) in [6, 6.07) is 6.28. The van der Waals surface area contributed by atoms with Crippen LogP contribution in [0, 0.1) is 0 Å². The standard InChI is InChI=1S/C20H27N3O3/c1-3-25-17-5-6-19-18(13-17)16(7-10-22-12-9-21-15-22)14-23(19)11-8-20(24)26-4-2/h5-6,9,12-13,15-16H,3-4,7-8,10-11,14H2,1-2H3. The fourth-order valence-electron chi connectivity index (χ4n) is 3.51. The molecule has 0 spiro atoms. The van der Waals surface area contributed by atoms with Crippen LogP contribution in [-0.4, -0.2) is 41.8 Å². The molecular weight excluding hydrogens is 330 g/mol. The molecule has 1 aliphatic rings. The highest BCUT2D eigenvalue weighted by Crippen LogP contribution is 2.40. The van der Waals surface area contributed by atoms with Crippen LogP contribution in [0.5, 0.6) is 5.75 Å². The third-order valence-electron chi connectivity index (χ3n) is 4.72. The van der Waals surface area contributed by atoms with Crippen LogP contribution in [0.2, 0.25) is 0 Å². The van der Waals surface area contributed by atoms with E-state index in [0.29, 0.717) is 32.1 Å². The quantitative estimate of drug-likeness (QED) is 0.645. The molecule has 6 heteroatoms. The molecule has 1 aromatic carbocycles. The van der Waals surface area contributed by atoms with Crippen molar-refractivity contribution in [3.05, 3.63) is 42.5 Å². The topological polar surface area (TPSA) is 56.6 Å². The summed E-state index contributed by atoms with van der Waals surface area (Å²) in [4.78, 5) is 18.1. The molecule has 0 fully saturated rings. The predicted octanol–water partition coefficient (Wildman–Crippen LogP) is 3.23. The number of rotatable bonds is 9. The summed E-state index contributed by atoms with van der Waals surface area (Å²) in [5.74, 6) is 1.18. The number of aryl methyl sites for hydroxylation is 1. The SMILES string of the molecule is CCOC(=O)CCN1CC(CCn2ccnc2)c2cc(OCC)ccc21. The van der Waals surface area contributed by atoms with E-state index in [1.807, 2.05) is 32.4 Å². The van der Waals surface area contributed by atoms with Crippen molar-refractivity contribution >= 4 is 11.7 Å². The molecule has 1 atom stereocenters. The minimum absolute atomic E-state index is 0.137. The highest BCUT2D eigenvalue weighted by atomic mass is 16.5. The summed E-state index contributed by atoms with van der Waals surface area (Å²) in [6.07, 6.45) is 7.08. The number of carbonyl (C=O) groups excluding carboxylic acids is 1. The van der Waals surface area contributed by atoms with Gasteiger partial charge in [-0.1, -0.05) is 0 Å². The molecule has 140 valence electrons. The molecular formula is C20H27N3O3. The van der Waals surface area contributed by atoms with Gasteiger partial charge in [-0.25, -0.2) is 4.98 Å². The van der Waals surface area contributed by atoms with Crippen molar-refractivity contribution < 1.29 is 14.3 Å². The van der Waals surface area contributed by atoms with Crippen LogP contribution in [0.4, 0.5) is 5.69 Å². The van der Waals surface area contributed by atoms with Crippen molar-refractivity contribution in [2.45, 2.75) is 39.2 Å². The molecule has 0 amide bonds. The van der Waals surface area contributed by atoms with Crippen LogP contribution in [0.25, 0.3) is 0 Å². The Morgan fingerprint density at radius 1 is 1.27 bits per heavy atom. The molecule has 0 N–H and O–H groups in total. The molecule has 2 heterocycles. The third-order valence-corrected chi connectivity index (χ3v) is 4.72. The van der Waals surface area contributed by atoms with Crippen LogP contribution in [0.15, 0.2) is 36.9 Å². The predicted molar refractivity (Wildman–Crippen MR) is 101 cm³/mol. The van der Waals surface area contributed by atoms with Crippen molar-refractivity contribution in [2.24, 2.45) is 0 Å². The van der Waals surface area contributed by atoms with E-state index < -0.39 is 0 Å². The minimum atomic E-state index is -0.137. The lowest BCUT2D eigenvalue weighted by Gasteiger charge is -2.19. The van der Waals surface area contributed by atoms with Crippen molar-refractivity contribution in [1.82, 2.24) is 9.55 Å². The van der Waals surface area contributed by atoms with Gasteiger partial charge in [-0.15, -0.1) is 0 Å². The number of anilines is 1. The number of ether oxygens (including phenoxy) is 2. The maximum Gasteiger partial charge on any atom is 0.307 e. The molecule has 0 aliphatic carbocycles. The van der Waals surface area contributed by atoms with Gasteiger partial charge in [-0.05, 0) is 44.0 Å². The lowest BCUT2D eigenvalue weighted by Crippen LogP contribution is -2.25. The Hall–Kier alpha value is -2.50. The van der Waals surface area contributed by atoms with Gasteiger partial charge in [-0.2, -0.15) is 0 Å². The molecule has 0 bridgehead atoms. The fourth-order valence-corrected chi connectivity index (χ4v) is 3.51. The normalized spacial score (nSPS) is 15.8. The number of aromatic nitrogens is 2. The van der Waals surface area contributed by atoms with Crippen LogP contribution < -0.4 is 9.64 Å². The van der Waals surface area contributed by atoms with Gasteiger partial charge < -0.3 is 18.9 Å². The van der Waals surface area contributed by atoms with Crippen LogP contribution >= 0.6 is 0 Å². The first-order valence-electron chi connectivity index (χ1n) is 9.34. The highest BCUT2D eigenvalue weighted by Gasteiger charge is 2.29. The minimum Gasteiger partial charge on any atom is -0.494 e. The van der Waals surface area contributed by atoms with E-state index in [4.69, 9.17) is 9.47 Å². The molecule has 3 rings (SSSR count). The van der Waals surface area contributed by atoms with Gasteiger partial charge in [-0.3, -0.25) is 4.79 Å². The van der Waals surface area contributed by atoms with Crippen LogP contribution in [-0.2, 0) is 16.1 Å². The summed E-state index contributed by atoms with van der Waals surface area (Å²) in [7, 11) is 0.